The molecule has 4 nitrogen and oxygen atoms in total. The van der Waals surface area contributed by atoms with Gasteiger partial charge < -0.3 is 10.2 Å². The first-order valence-corrected chi connectivity index (χ1v) is 12.5. The van der Waals surface area contributed by atoms with Gasteiger partial charge in [0.25, 0.3) is 0 Å². The number of amides is 1. The Morgan fingerprint density at radius 1 is 1.16 bits per heavy atom. The Hall–Kier alpha value is -1.68. The number of fused-ring (bicyclic) bond motifs is 5. The van der Waals surface area contributed by atoms with Crippen molar-refractivity contribution in [3.63, 3.8) is 0 Å². The van der Waals surface area contributed by atoms with E-state index in [4.69, 9.17) is 0 Å². The number of nitrogens with one attached hydrogen (secondary N) is 1. The molecule has 2 saturated carbocycles. The number of carbonyl (C=O) groups excluding carboxylic acids is 2. The fraction of sp³-hybridized carbons (Fsp3) is 0.714. The van der Waals surface area contributed by atoms with Crippen molar-refractivity contribution in [1.82, 2.24) is 10.2 Å². The van der Waals surface area contributed by atoms with Crippen LogP contribution in [0.3, 0.4) is 0 Å². The van der Waals surface area contributed by atoms with Crippen molar-refractivity contribution in [3.8, 4) is 0 Å². The molecule has 4 rings (SSSR count). The molecule has 4 aliphatic carbocycles. The van der Waals surface area contributed by atoms with Crippen molar-refractivity contribution in [2.24, 2.45) is 40.4 Å². The van der Waals surface area contributed by atoms with Gasteiger partial charge in [-0.3, -0.25) is 9.59 Å². The molecule has 32 heavy (non-hydrogen) atoms. The number of ketones is 1. The highest BCUT2D eigenvalue weighted by atomic mass is 16.2. The van der Waals surface area contributed by atoms with Gasteiger partial charge in [0.15, 0.2) is 5.78 Å². The van der Waals surface area contributed by atoms with Gasteiger partial charge in [-0.1, -0.05) is 37.6 Å². The number of carbonyl (C=O) groups is 2. The van der Waals surface area contributed by atoms with Crippen molar-refractivity contribution in [2.75, 3.05) is 14.1 Å². The number of allylic oxidation sites excluding steroid dienone is 4. The average molecular weight is 439 g/mol. The lowest BCUT2D eigenvalue weighted by Gasteiger charge is -2.59. The van der Waals surface area contributed by atoms with Crippen LogP contribution in [-0.4, -0.2) is 36.7 Å². The zero-order valence-electron chi connectivity index (χ0n) is 21.1. The van der Waals surface area contributed by atoms with Crippen molar-refractivity contribution in [2.45, 2.75) is 72.8 Å². The molecule has 0 bridgehead atoms. The summed E-state index contributed by atoms with van der Waals surface area (Å²) in [6, 6.07) is 0.538. The molecule has 0 aliphatic heterocycles. The summed E-state index contributed by atoms with van der Waals surface area (Å²) in [5.41, 5.74) is 1.79. The number of nitrogens with zero attached hydrogens (tertiary/aromatic N) is 1. The van der Waals surface area contributed by atoms with Gasteiger partial charge in [-0.05, 0) is 101 Å². The minimum atomic E-state index is -0.188. The number of Topliss-reactive ketones (excluding diaryl/α,β-unsaturated/α-hetero) is 1. The van der Waals surface area contributed by atoms with Crippen LogP contribution in [0.2, 0.25) is 0 Å². The summed E-state index contributed by atoms with van der Waals surface area (Å²) < 4.78 is 0. The van der Waals surface area contributed by atoms with Gasteiger partial charge in [0, 0.05) is 18.0 Å². The second kappa shape index (κ2) is 8.27. The van der Waals surface area contributed by atoms with E-state index in [1.54, 1.807) is 6.08 Å². The maximum Gasteiger partial charge on any atom is 0.248 e. The zero-order chi connectivity index (χ0) is 23.4. The Bertz CT molecular complexity index is 880. The molecule has 0 aromatic heterocycles. The molecule has 2 fully saturated rings. The van der Waals surface area contributed by atoms with Gasteiger partial charge >= 0.3 is 0 Å². The maximum atomic E-state index is 13.4. The van der Waals surface area contributed by atoms with E-state index in [2.05, 4.69) is 57.2 Å². The van der Waals surface area contributed by atoms with E-state index < -0.39 is 0 Å². The molecule has 8 unspecified atom stereocenters. The number of hydrogen-bond acceptors (Lipinski definition) is 3. The molecular formula is C28H42N2O2. The Morgan fingerprint density at radius 3 is 2.53 bits per heavy atom. The second-order valence-electron chi connectivity index (χ2n) is 12.0. The normalized spacial score (nSPS) is 41.3. The first kappa shape index (κ1) is 23.5. The number of hydrogen-bond donors (Lipinski definition) is 1. The predicted octanol–water partition coefficient (Wildman–Crippen LogP) is 5.13. The first-order chi connectivity index (χ1) is 15.0. The fourth-order valence-electron chi connectivity index (χ4n) is 7.86. The third-order valence-electron chi connectivity index (χ3n) is 9.79. The smallest absolute Gasteiger partial charge is 0.248 e. The van der Waals surface area contributed by atoms with E-state index in [1.165, 1.54) is 12.8 Å². The van der Waals surface area contributed by atoms with Gasteiger partial charge in [0.2, 0.25) is 5.91 Å². The van der Waals surface area contributed by atoms with Gasteiger partial charge in [-0.2, -0.15) is 0 Å². The van der Waals surface area contributed by atoms with E-state index in [-0.39, 0.29) is 23.0 Å². The van der Waals surface area contributed by atoms with Crippen LogP contribution in [-0.2, 0) is 9.59 Å². The monoisotopic (exact) mass is 438 g/mol. The van der Waals surface area contributed by atoms with Gasteiger partial charge in [-0.25, -0.2) is 0 Å². The highest BCUT2D eigenvalue weighted by molar-refractivity contribution is 6.03. The summed E-state index contributed by atoms with van der Waals surface area (Å²) >= 11 is 0. The highest BCUT2D eigenvalue weighted by Crippen LogP contribution is 2.65. The van der Waals surface area contributed by atoms with Gasteiger partial charge in [0.1, 0.15) is 0 Å². The SMILES string of the molecule is CC(C)=CC(=O)NC1=CCC2(C)C(CCC3C4C=CC(C(C)N(C)C)C4(C)CCC32)C1=O. The second-order valence-corrected chi connectivity index (χ2v) is 12.0. The van der Waals surface area contributed by atoms with Crippen LogP contribution in [0.5, 0.6) is 0 Å². The van der Waals surface area contributed by atoms with E-state index in [0.29, 0.717) is 40.8 Å². The standard InChI is InChI=1S/C28H42N2O2/c1-17(2)16-25(31)29-24-13-15-28(5)22-12-14-27(4)20(18(3)30(6)7)10-11-21(27)19(22)8-9-23(28)26(24)32/h10-11,13,16,18-23H,8-9,12,14-15H2,1-7H3,(H,29,31). The topological polar surface area (TPSA) is 49.4 Å². The van der Waals surface area contributed by atoms with Crippen LogP contribution in [0, 0.1) is 40.4 Å². The minimum absolute atomic E-state index is 0.00512. The summed E-state index contributed by atoms with van der Waals surface area (Å²) in [7, 11) is 4.39. The zero-order valence-corrected chi connectivity index (χ0v) is 21.1. The van der Waals surface area contributed by atoms with E-state index in [0.717, 1.165) is 24.8 Å². The molecule has 0 aromatic carbocycles. The quantitative estimate of drug-likeness (QED) is 0.489. The highest BCUT2D eigenvalue weighted by Gasteiger charge is 2.60. The van der Waals surface area contributed by atoms with Crippen LogP contribution < -0.4 is 5.32 Å². The summed E-state index contributed by atoms with van der Waals surface area (Å²) in [6.07, 6.45) is 14.0. The molecule has 1 N–H and O–H groups in total. The van der Waals surface area contributed by atoms with Crippen LogP contribution in [0.4, 0.5) is 0 Å². The third-order valence-corrected chi connectivity index (χ3v) is 9.79. The molecule has 0 saturated heterocycles. The molecular weight excluding hydrogens is 396 g/mol. The molecule has 0 radical (unpaired) electrons. The van der Waals surface area contributed by atoms with Crippen LogP contribution >= 0.6 is 0 Å². The molecule has 176 valence electrons. The molecule has 8 atom stereocenters. The Labute approximate surface area is 194 Å². The summed E-state index contributed by atoms with van der Waals surface area (Å²) in [5, 5.41) is 2.87. The first-order valence-electron chi connectivity index (χ1n) is 12.5. The van der Waals surface area contributed by atoms with E-state index in [9.17, 15) is 9.59 Å². The van der Waals surface area contributed by atoms with E-state index in [1.807, 2.05) is 19.9 Å². The largest absolute Gasteiger partial charge is 0.320 e. The third kappa shape index (κ3) is 3.63. The van der Waals surface area contributed by atoms with Crippen LogP contribution in [0.15, 0.2) is 35.6 Å². The molecule has 0 heterocycles. The molecule has 1 amide bonds. The average Bonchev–Trinajstić information content (AvgIpc) is 3.06. The van der Waals surface area contributed by atoms with Crippen molar-refractivity contribution < 1.29 is 9.59 Å². The number of rotatable bonds is 4. The lowest BCUT2D eigenvalue weighted by atomic mass is 9.45. The maximum absolute atomic E-state index is 13.4. The van der Waals surface area contributed by atoms with Gasteiger partial charge in [-0.15, -0.1) is 0 Å². The Balaban J connectivity index is 1.56. The van der Waals surface area contributed by atoms with Crippen molar-refractivity contribution in [3.05, 3.63) is 35.6 Å². The Morgan fingerprint density at radius 2 is 1.88 bits per heavy atom. The lowest BCUT2D eigenvalue weighted by Crippen LogP contribution is -2.56. The Kier molecular flexibility index (Phi) is 6.07. The molecule has 0 spiro atoms. The summed E-state index contributed by atoms with van der Waals surface area (Å²) in [5.74, 6) is 2.45. The summed E-state index contributed by atoms with van der Waals surface area (Å²) in [6.45, 7) is 11.0. The molecule has 4 heteroatoms. The van der Waals surface area contributed by atoms with Crippen LogP contribution in [0.1, 0.15) is 66.7 Å². The molecule has 0 aromatic rings. The molecule has 4 aliphatic rings. The summed E-state index contributed by atoms with van der Waals surface area (Å²) in [4.78, 5) is 28.0. The fourth-order valence-corrected chi connectivity index (χ4v) is 7.86. The van der Waals surface area contributed by atoms with Crippen molar-refractivity contribution in [1.29, 1.82) is 0 Å². The van der Waals surface area contributed by atoms with Gasteiger partial charge in [0.05, 0.1) is 5.70 Å². The minimum Gasteiger partial charge on any atom is -0.320 e. The predicted molar refractivity (Wildman–Crippen MR) is 130 cm³/mol. The van der Waals surface area contributed by atoms with Crippen molar-refractivity contribution >= 4 is 11.7 Å². The van der Waals surface area contributed by atoms with E-state index >= 15 is 0 Å². The lowest BCUT2D eigenvalue weighted by molar-refractivity contribution is -0.139. The van der Waals surface area contributed by atoms with Crippen LogP contribution in [0.25, 0.3) is 0 Å².